The van der Waals surface area contributed by atoms with E-state index in [2.05, 4.69) is 5.32 Å². The topological polar surface area (TPSA) is 41.6 Å². The Morgan fingerprint density at radius 1 is 1.21 bits per heavy atom. The van der Waals surface area contributed by atoms with E-state index in [0.29, 0.717) is 6.61 Å². The first kappa shape index (κ1) is 13.7. The zero-order chi connectivity index (χ0) is 13.5. The van der Waals surface area contributed by atoms with Crippen molar-refractivity contribution >= 4 is 11.7 Å². The number of nitrogens with zero attached hydrogens (tertiary/aromatic N) is 1. The molecule has 0 spiro atoms. The lowest BCUT2D eigenvalue weighted by atomic mass is 10.2. The van der Waals surface area contributed by atoms with Crippen LogP contribution in [-0.2, 0) is 0 Å². The average Bonchev–Trinajstić information content (AvgIpc) is 2.70. The standard InChI is InChI=1S/C15H22N2O2/c1-2-19-14-10-6-5-9-13(14)16-15(18)17-11-7-3-4-8-12-17/h5-6,9-10H,2-4,7-8,11-12H2,1H3,(H,16,18). The van der Waals surface area contributed by atoms with Crippen LogP contribution >= 0.6 is 0 Å². The predicted molar refractivity (Wildman–Crippen MR) is 76.7 cm³/mol. The molecule has 2 rings (SSSR count). The van der Waals surface area contributed by atoms with Crippen molar-refractivity contribution in [2.24, 2.45) is 0 Å². The van der Waals surface area contributed by atoms with Crippen molar-refractivity contribution in [2.75, 3.05) is 25.0 Å². The highest BCUT2D eigenvalue weighted by Crippen LogP contribution is 2.24. The summed E-state index contributed by atoms with van der Waals surface area (Å²) in [7, 11) is 0. The van der Waals surface area contributed by atoms with E-state index in [1.54, 1.807) is 0 Å². The second kappa shape index (κ2) is 7.02. The van der Waals surface area contributed by atoms with Crippen LogP contribution in [0.1, 0.15) is 32.6 Å². The van der Waals surface area contributed by atoms with Crippen molar-refractivity contribution in [1.29, 1.82) is 0 Å². The molecule has 104 valence electrons. The van der Waals surface area contributed by atoms with Crippen LogP contribution in [0.15, 0.2) is 24.3 Å². The molecule has 19 heavy (non-hydrogen) atoms. The average molecular weight is 262 g/mol. The molecule has 1 heterocycles. The Morgan fingerprint density at radius 3 is 2.58 bits per heavy atom. The van der Waals surface area contributed by atoms with E-state index in [1.165, 1.54) is 12.8 Å². The molecule has 0 unspecified atom stereocenters. The van der Waals surface area contributed by atoms with Gasteiger partial charge in [-0.25, -0.2) is 4.79 Å². The van der Waals surface area contributed by atoms with Crippen LogP contribution in [0.25, 0.3) is 0 Å². The molecule has 1 saturated heterocycles. The van der Waals surface area contributed by atoms with Crippen LogP contribution in [0.5, 0.6) is 5.75 Å². The molecule has 0 radical (unpaired) electrons. The number of ether oxygens (including phenoxy) is 1. The lowest BCUT2D eigenvalue weighted by molar-refractivity contribution is 0.213. The SMILES string of the molecule is CCOc1ccccc1NC(=O)N1CCCCCC1. The zero-order valence-corrected chi connectivity index (χ0v) is 11.5. The Bertz CT molecular complexity index is 412. The van der Waals surface area contributed by atoms with Crippen LogP contribution in [0, 0.1) is 0 Å². The molecule has 0 aliphatic carbocycles. The maximum absolute atomic E-state index is 12.2. The Morgan fingerprint density at radius 2 is 1.89 bits per heavy atom. The quantitative estimate of drug-likeness (QED) is 0.906. The highest BCUT2D eigenvalue weighted by molar-refractivity contribution is 5.91. The third kappa shape index (κ3) is 3.88. The lowest BCUT2D eigenvalue weighted by Crippen LogP contribution is -2.35. The first-order valence-corrected chi connectivity index (χ1v) is 7.09. The van der Waals surface area contributed by atoms with Gasteiger partial charge in [0, 0.05) is 13.1 Å². The number of hydrogen-bond donors (Lipinski definition) is 1. The summed E-state index contributed by atoms with van der Waals surface area (Å²) in [5.74, 6) is 0.730. The monoisotopic (exact) mass is 262 g/mol. The largest absolute Gasteiger partial charge is 0.492 e. The summed E-state index contributed by atoms with van der Waals surface area (Å²) in [6.07, 6.45) is 4.64. The van der Waals surface area contributed by atoms with Gasteiger partial charge in [-0.05, 0) is 31.9 Å². The van der Waals surface area contributed by atoms with E-state index in [4.69, 9.17) is 4.74 Å². The number of anilines is 1. The van der Waals surface area contributed by atoms with Crippen molar-refractivity contribution in [1.82, 2.24) is 4.90 Å². The fourth-order valence-electron chi connectivity index (χ4n) is 2.32. The van der Waals surface area contributed by atoms with Crippen molar-refractivity contribution < 1.29 is 9.53 Å². The molecular formula is C15H22N2O2. The minimum Gasteiger partial charge on any atom is -0.492 e. The highest BCUT2D eigenvalue weighted by Gasteiger charge is 2.16. The minimum absolute atomic E-state index is 0.0194. The molecule has 1 aromatic carbocycles. The van der Waals surface area contributed by atoms with Crippen LogP contribution < -0.4 is 10.1 Å². The normalized spacial score (nSPS) is 15.7. The Labute approximate surface area is 114 Å². The van der Waals surface area contributed by atoms with E-state index in [9.17, 15) is 4.79 Å². The number of nitrogens with one attached hydrogen (secondary N) is 1. The third-order valence-electron chi connectivity index (χ3n) is 3.32. The van der Waals surface area contributed by atoms with E-state index < -0.39 is 0 Å². The van der Waals surface area contributed by atoms with Crippen molar-refractivity contribution in [3.05, 3.63) is 24.3 Å². The fourth-order valence-corrected chi connectivity index (χ4v) is 2.32. The second-order valence-corrected chi connectivity index (χ2v) is 4.76. The molecule has 0 bridgehead atoms. The first-order chi connectivity index (χ1) is 9.31. The highest BCUT2D eigenvalue weighted by atomic mass is 16.5. The van der Waals surface area contributed by atoms with E-state index in [1.807, 2.05) is 36.1 Å². The Balaban J connectivity index is 2.01. The molecule has 1 fully saturated rings. The maximum atomic E-state index is 12.2. The Kier molecular flexibility index (Phi) is 5.07. The van der Waals surface area contributed by atoms with Gasteiger partial charge in [0.25, 0.3) is 0 Å². The summed E-state index contributed by atoms with van der Waals surface area (Å²) in [5, 5.41) is 2.95. The molecule has 1 aromatic rings. The van der Waals surface area contributed by atoms with Gasteiger partial charge in [0.15, 0.2) is 0 Å². The first-order valence-electron chi connectivity index (χ1n) is 7.09. The minimum atomic E-state index is -0.0194. The van der Waals surface area contributed by atoms with Crippen LogP contribution in [0.2, 0.25) is 0 Å². The summed E-state index contributed by atoms with van der Waals surface area (Å²) >= 11 is 0. The summed E-state index contributed by atoms with van der Waals surface area (Å²) < 4.78 is 5.52. The number of carbonyl (C=O) groups is 1. The van der Waals surface area contributed by atoms with Crippen LogP contribution in [0.3, 0.4) is 0 Å². The molecule has 1 N–H and O–H groups in total. The summed E-state index contributed by atoms with van der Waals surface area (Å²) in [6.45, 7) is 4.23. The van der Waals surface area contributed by atoms with Crippen LogP contribution in [0.4, 0.5) is 10.5 Å². The van der Waals surface area contributed by atoms with Gasteiger partial charge in [0.1, 0.15) is 5.75 Å². The van der Waals surface area contributed by atoms with Gasteiger partial charge in [-0.3, -0.25) is 0 Å². The second-order valence-electron chi connectivity index (χ2n) is 4.76. The van der Waals surface area contributed by atoms with Crippen molar-refractivity contribution in [3.8, 4) is 5.75 Å². The molecule has 0 atom stereocenters. The van der Waals surface area contributed by atoms with Gasteiger partial charge < -0.3 is 15.0 Å². The van der Waals surface area contributed by atoms with Gasteiger partial charge in [0.05, 0.1) is 12.3 Å². The smallest absolute Gasteiger partial charge is 0.321 e. The van der Waals surface area contributed by atoms with E-state index in [0.717, 1.165) is 37.4 Å². The van der Waals surface area contributed by atoms with Gasteiger partial charge in [0.2, 0.25) is 0 Å². The summed E-state index contributed by atoms with van der Waals surface area (Å²) in [5.41, 5.74) is 0.749. The molecule has 1 aliphatic heterocycles. The number of amides is 2. The predicted octanol–water partition coefficient (Wildman–Crippen LogP) is 3.49. The molecule has 4 nitrogen and oxygen atoms in total. The number of urea groups is 1. The van der Waals surface area contributed by atoms with Crippen LogP contribution in [-0.4, -0.2) is 30.6 Å². The molecular weight excluding hydrogens is 240 g/mol. The third-order valence-corrected chi connectivity index (χ3v) is 3.32. The number of hydrogen-bond acceptors (Lipinski definition) is 2. The van der Waals surface area contributed by atoms with E-state index in [-0.39, 0.29) is 6.03 Å². The van der Waals surface area contributed by atoms with Gasteiger partial charge in [-0.1, -0.05) is 25.0 Å². The summed E-state index contributed by atoms with van der Waals surface area (Å²) in [6, 6.07) is 7.55. The van der Waals surface area contributed by atoms with Gasteiger partial charge in [-0.2, -0.15) is 0 Å². The van der Waals surface area contributed by atoms with Crippen molar-refractivity contribution in [2.45, 2.75) is 32.6 Å². The molecule has 0 aromatic heterocycles. The number of rotatable bonds is 3. The molecule has 0 saturated carbocycles. The number of likely N-dealkylation sites (tertiary alicyclic amines) is 1. The van der Waals surface area contributed by atoms with Gasteiger partial charge in [-0.15, -0.1) is 0 Å². The number of benzene rings is 1. The Hall–Kier alpha value is -1.71. The van der Waals surface area contributed by atoms with Gasteiger partial charge >= 0.3 is 6.03 Å². The summed E-state index contributed by atoms with van der Waals surface area (Å²) in [4.78, 5) is 14.1. The zero-order valence-electron chi connectivity index (χ0n) is 11.5. The molecule has 4 heteroatoms. The fraction of sp³-hybridized carbons (Fsp3) is 0.533. The van der Waals surface area contributed by atoms with E-state index >= 15 is 0 Å². The number of carbonyl (C=O) groups excluding carboxylic acids is 1. The molecule has 2 amide bonds. The maximum Gasteiger partial charge on any atom is 0.321 e. The molecule has 1 aliphatic rings. The number of para-hydroxylation sites is 2. The lowest BCUT2D eigenvalue weighted by Gasteiger charge is -2.21. The van der Waals surface area contributed by atoms with Crippen molar-refractivity contribution in [3.63, 3.8) is 0 Å².